The van der Waals surface area contributed by atoms with Crippen LogP contribution in [0.3, 0.4) is 0 Å². The van der Waals surface area contributed by atoms with Crippen molar-refractivity contribution in [3.8, 4) is 0 Å². The van der Waals surface area contributed by atoms with Crippen molar-refractivity contribution in [3.05, 3.63) is 81.6 Å². The third-order valence-electron chi connectivity index (χ3n) is 3.46. The summed E-state index contributed by atoms with van der Waals surface area (Å²) in [7, 11) is 0. The van der Waals surface area contributed by atoms with Gasteiger partial charge in [-0.15, -0.1) is 11.3 Å². The number of halogens is 4. The highest BCUT2D eigenvalue weighted by atomic mass is 32.1. The summed E-state index contributed by atoms with van der Waals surface area (Å²) in [5, 5.41) is 4.17. The van der Waals surface area contributed by atoms with Gasteiger partial charge in [-0.2, -0.15) is 0 Å². The number of hydrogen-bond acceptors (Lipinski definition) is 3. The standard InChI is InChI=1S/C18H10F4N2O2S/c19-9-3-1-4-10(20)15(9)23-17(25)13-7-8-14(27-13)18(26)24-16-11(21)5-2-6-12(16)22/h1-8H,(H,23,25)(H,24,26). The van der Waals surface area contributed by atoms with E-state index in [-0.39, 0.29) is 9.75 Å². The van der Waals surface area contributed by atoms with Gasteiger partial charge in [0.15, 0.2) is 0 Å². The van der Waals surface area contributed by atoms with E-state index < -0.39 is 46.5 Å². The Bertz CT molecular complexity index is 915. The first-order valence-corrected chi connectivity index (χ1v) is 8.29. The zero-order valence-electron chi connectivity index (χ0n) is 13.4. The van der Waals surface area contributed by atoms with Crippen LogP contribution < -0.4 is 10.6 Å². The van der Waals surface area contributed by atoms with Gasteiger partial charge in [0.05, 0.1) is 9.75 Å². The zero-order valence-corrected chi connectivity index (χ0v) is 14.2. The first kappa shape index (κ1) is 18.6. The Morgan fingerprint density at radius 1 is 0.630 bits per heavy atom. The number of carbonyl (C=O) groups is 2. The normalized spacial score (nSPS) is 10.5. The van der Waals surface area contributed by atoms with Gasteiger partial charge in [0.2, 0.25) is 0 Å². The highest BCUT2D eigenvalue weighted by molar-refractivity contribution is 7.16. The van der Waals surface area contributed by atoms with Crippen LogP contribution in [0.4, 0.5) is 28.9 Å². The number of thiophene rings is 1. The number of nitrogens with one attached hydrogen (secondary N) is 2. The molecular weight excluding hydrogens is 384 g/mol. The lowest BCUT2D eigenvalue weighted by Crippen LogP contribution is -2.14. The molecule has 0 bridgehead atoms. The Hall–Kier alpha value is -3.20. The molecule has 0 aliphatic heterocycles. The molecule has 2 amide bonds. The summed E-state index contributed by atoms with van der Waals surface area (Å²) in [5.74, 6) is -5.47. The van der Waals surface area contributed by atoms with E-state index >= 15 is 0 Å². The summed E-state index contributed by atoms with van der Waals surface area (Å²) >= 11 is 0.697. The van der Waals surface area contributed by atoms with Crippen molar-refractivity contribution in [2.75, 3.05) is 10.6 Å². The molecule has 0 saturated heterocycles. The van der Waals surface area contributed by atoms with E-state index in [4.69, 9.17) is 0 Å². The van der Waals surface area contributed by atoms with E-state index in [9.17, 15) is 27.2 Å². The van der Waals surface area contributed by atoms with Crippen LogP contribution in [0.5, 0.6) is 0 Å². The van der Waals surface area contributed by atoms with Crippen LogP contribution in [-0.4, -0.2) is 11.8 Å². The molecule has 1 heterocycles. The quantitative estimate of drug-likeness (QED) is 0.624. The smallest absolute Gasteiger partial charge is 0.265 e. The van der Waals surface area contributed by atoms with Crippen molar-refractivity contribution in [2.24, 2.45) is 0 Å². The molecule has 138 valence electrons. The lowest BCUT2D eigenvalue weighted by atomic mass is 10.2. The van der Waals surface area contributed by atoms with Crippen LogP contribution in [0.15, 0.2) is 48.5 Å². The molecule has 27 heavy (non-hydrogen) atoms. The molecule has 3 rings (SSSR count). The zero-order chi connectivity index (χ0) is 19.6. The monoisotopic (exact) mass is 394 g/mol. The largest absolute Gasteiger partial charge is 0.316 e. The highest BCUT2D eigenvalue weighted by Gasteiger charge is 2.19. The Morgan fingerprint density at radius 3 is 1.30 bits per heavy atom. The van der Waals surface area contributed by atoms with Crippen molar-refractivity contribution >= 4 is 34.5 Å². The van der Waals surface area contributed by atoms with Gasteiger partial charge >= 0.3 is 0 Å². The summed E-state index contributed by atoms with van der Waals surface area (Å²) in [6, 6.07) is 8.73. The summed E-state index contributed by atoms with van der Waals surface area (Å²) in [5.41, 5.74) is -1.23. The van der Waals surface area contributed by atoms with Crippen LogP contribution in [0, 0.1) is 23.3 Å². The number of benzene rings is 2. The first-order chi connectivity index (χ1) is 12.9. The number of amides is 2. The van der Waals surface area contributed by atoms with Crippen LogP contribution in [0.2, 0.25) is 0 Å². The van der Waals surface area contributed by atoms with Crippen molar-refractivity contribution in [1.29, 1.82) is 0 Å². The number of para-hydroxylation sites is 2. The minimum atomic E-state index is -0.951. The SMILES string of the molecule is O=C(Nc1c(F)cccc1F)c1ccc(C(=O)Nc2c(F)cccc2F)s1. The van der Waals surface area contributed by atoms with Crippen LogP contribution in [0.25, 0.3) is 0 Å². The number of carbonyl (C=O) groups excluding carboxylic acids is 2. The number of rotatable bonds is 4. The van der Waals surface area contributed by atoms with Crippen molar-refractivity contribution < 1.29 is 27.2 Å². The first-order valence-electron chi connectivity index (χ1n) is 7.47. The molecular formula is C18H10F4N2O2S. The van der Waals surface area contributed by atoms with Crippen LogP contribution in [-0.2, 0) is 0 Å². The fourth-order valence-electron chi connectivity index (χ4n) is 2.17. The molecule has 0 atom stereocenters. The Labute approximate surface area is 154 Å². The summed E-state index contributed by atoms with van der Waals surface area (Å²) in [4.78, 5) is 24.2. The molecule has 9 heteroatoms. The Morgan fingerprint density at radius 2 is 0.963 bits per heavy atom. The molecule has 3 aromatic rings. The van der Waals surface area contributed by atoms with E-state index in [1.165, 1.54) is 12.1 Å². The molecule has 4 nitrogen and oxygen atoms in total. The van der Waals surface area contributed by atoms with Crippen molar-refractivity contribution in [2.45, 2.75) is 0 Å². The molecule has 0 aliphatic rings. The van der Waals surface area contributed by atoms with Gasteiger partial charge in [-0.05, 0) is 36.4 Å². The molecule has 1 aromatic heterocycles. The van der Waals surface area contributed by atoms with Crippen molar-refractivity contribution in [1.82, 2.24) is 0 Å². The predicted octanol–water partition coefficient (Wildman–Crippen LogP) is 4.81. The maximum absolute atomic E-state index is 13.6. The van der Waals surface area contributed by atoms with E-state index in [2.05, 4.69) is 10.6 Å². The fourth-order valence-corrected chi connectivity index (χ4v) is 2.96. The van der Waals surface area contributed by atoms with Gasteiger partial charge in [-0.3, -0.25) is 9.59 Å². The van der Waals surface area contributed by atoms with E-state index in [1.54, 1.807) is 0 Å². The third kappa shape index (κ3) is 3.98. The minimum Gasteiger partial charge on any atom is -0.316 e. The topological polar surface area (TPSA) is 58.2 Å². The second-order valence-electron chi connectivity index (χ2n) is 5.27. The Balaban J connectivity index is 1.76. The van der Waals surface area contributed by atoms with Gasteiger partial charge in [-0.1, -0.05) is 12.1 Å². The van der Waals surface area contributed by atoms with Gasteiger partial charge in [0.1, 0.15) is 34.6 Å². The summed E-state index contributed by atoms with van der Waals surface area (Å²) in [6.07, 6.45) is 0. The van der Waals surface area contributed by atoms with Crippen LogP contribution in [0.1, 0.15) is 19.3 Å². The third-order valence-corrected chi connectivity index (χ3v) is 4.54. The summed E-state index contributed by atoms with van der Waals surface area (Å²) < 4.78 is 54.4. The Kier molecular flexibility index (Phi) is 5.22. The van der Waals surface area contributed by atoms with E-state index in [1.807, 2.05) is 0 Å². The summed E-state index contributed by atoms with van der Waals surface area (Å²) in [6.45, 7) is 0. The maximum Gasteiger partial charge on any atom is 0.265 e. The minimum absolute atomic E-state index is 0.0168. The highest BCUT2D eigenvalue weighted by Crippen LogP contribution is 2.24. The second-order valence-corrected chi connectivity index (χ2v) is 6.35. The predicted molar refractivity (Wildman–Crippen MR) is 92.9 cm³/mol. The van der Waals surface area contributed by atoms with Crippen molar-refractivity contribution in [3.63, 3.8) is 0 Å². The molecule has 2 aromatic carbocycles. The van der Waals surface area contributed by atoms with E-state index in [0.717, 1.165) is 36.4 Å². The van der Waals surface area contributed by atoms with Gasteiger partial charge in [0, 0.05) is 0 Å². The molecule has 0 spiro atoms. The molecule has 0 fully saturated rings. The van der Waals surface area contributed by atoms with Gasteiger partial charge < -0.3 is 10.6 Å². The fraction of sp³-hybridized carbons (Fsp3) is 0. The maximum atomic E-state index is 13.6. The van der Waals surface area contributed by atoms with Gasteiger partial charge in [-0.25, -0.2) is 17.6 Å². The lowest BCUT2D eigenvalue weighted by molar-refractivity contribution is 0.102. The average molecular weight is 394 g/mol. The molecule has 0 aliphatic carbocycles. The van der Waals surface area contributed by atoms with Crippen LogP contribution >= 0.6 is 11.3 Å². The number of anilines is 2. The second kappa shape index (κ2) is 7.58. The molecule has 0 saturated carbocycles. The van der Waals surface area contributed by atoms with Gasteiger partial charge in [0.25, 0.3) is 11.8 Å². The molecule has 0 unspecified atom stereocenters. The number of hydrogen-bond donors (Lipinski definition) is 2. The molecule has 0 radical (unpaired) electrons. The average Bonchev–Trinajstić information content (AvgIpc) is 3.12. The van der Waals surface area contributed by atoms with E-state index in [0.29, 0.717) is 11.3 Å². The molecule has 2 N–H and O–H groups in total. The lowest BCUT2D eigenvalue weighted by Gasteiger charge is -2.06.